The maximum absolute atomic E-state index is 9.82. The quantitative estimate of drug-likeness (QED) is 0.431. The number of alkyl halides is 1. The second-order valence-corrected chi connectivity index (χ2v) is 1.71. The molecule has 0 fully saturated rings. The van der Waals surface area contributed by atoms with Crippen molar-refractivity contribution in [3.8, 4) is 0 Å². The molecule has 0 saturated carbocycles. The van der Waals surface area contributed by atoms with Gasteiger partial charge in [-0.25, -0.2) is 0 Å². The summed E-state index contributed by atoms with van der Waals surface area (Å²) in [5, 5.41) is -0.148. The SMILES string of the molecule is O=C(S)CCCl. The summed E-state index contributed by atoms with van der Waals surface area (Å²) >= 11 is 8.58. The highest BCUT2D eigenvalue weighted by molar-refractivity contribution is 7.96. The molecule has 0 rings (SSSR count). The van der Waals surface area contributed by atoms with Crippen LogP contribution in [-0.4, -0.2) is 11.0 Å². The highest BCUT2D eigenvalue weighted by Gasteiger charge is 1.86. The molecule has 0 spiro atoms. The van der Waals surface area contributed by atoms with E-state index in [-0.39, 0.29) is 5.12 Å². The summed E-state index contributed by atoms with van der Waals surface area (Å²) < 4.78 is 0. The lowest BCUT2D eigenvalue weighted by molar-refractivity contribution is -0.110. The molecule has 0 aromatic rings. The van der Waals surface area contributed by atoms with E-state index in [4.69, 9.17) is 11.6 Å². The third kappa shape index (κ3) is 4.31. The minimum absolute atomic E-state index is 0.148. The van der Waals surface area contributed by atoms with E-state index in [1.807, 2.05) is 0 Å². The van der Waals surface area contributed by atoms with E-state index < -0.39 is 0 Å². The van der Waals surface area contributed by atoms with Crippen molar-refractivity contribution >= 4 is 29.3 Å². The van der Waals surface area contributed by atoms with Gasteiger partial charge in [-0.1, -0.05) is 0 Å². The first-order chi connectivity index (χ1) is 2.77. The molecule has 0 aromatic carbocycles. The van der Waals surface area contributed by atoms with Gasteiger partial charge in [0, 0.05) is 12.3 Å². The molecule has 0 atom stereocenters. The predicted octanol–water partition coefficient (Wildman–Crippen LogP) is 1.07. The van der Waals surface area contributed by atoms with E-state index >= 15 is 0 Å². The Morgan fingerprint density at radius 3 is 2.33 bits per heavy atom. The predicted molar refractivity (Wildman–Crippen MR) is 29.3 cm³/mol. The van der Waals surface area contributed by atoms with Gasteiger partial charge in [-0.15, -0.1) is 24.2 Å². The second kappa shape index (κ2) is 3.50. The van der Waals surface area contributed by atoms with Crippen LogP contribution in [0.2, 0.25) is 0 Å². The molecule has 0 radical (unpaired) electrons. The summed E-state index contributed by atoms with van der Waals surface area (Å²) in [7, 11) is 0. The molecule has 0 N–H and O–H groups in total. The Labute approximate surface area is 47.1 Å². The smallest absolute Gasteiger partial charge is 0.187 e. The Bertz CT molecular complexity index is 54.8. The Morgan fingerprint density at radius 2 is 2.33 bits per heavy atom. The molecule has 0 saturated heterocycles. The molecule has 0 unspecified atom stereocenters. The van der Waals surface area contributed by atoms with Crippen LogP contribution in [0.1, 0.15) is 6.42 Å². The highest BCUT2D eigenvalue weighted by Crippen LogP contribution is 1.88. The van der Waals surface area contributed by atoms with Gasteiger partial charge in [0.2, 0.25) is 0 Å². The zero-order valence-electron chi connectivity index (χ0n) is 3.15. The molecular weight excluding hydrogens is 120 g/mol. The topological polar surface area (TPSA) is 17.1 Å². The van der Waals surface area contributed by atoms with E-state index in [0.717, 1.165) is 0 Å². The van der Waals surface area contributed by atoms with Gasteiger partial charge in [0.05, 0.1) is 0 Å². The van der Waals surface area contributed by atoms with Gasteiger partial charge >= 0.3 is 0 Å². The number of halogens is 1. The van der Waals surface area contributed by atoms with Gasteiger partial charge in [-0.3, -0.25) is 4.79 Å². The Kier molecular flexibility index (Phi) is 3.68. The number of thiol groups is 1. The minimum Gasteiger partial charge on any atom is -0.287 e. The molecule has 0 heterocycles. The van der Waals surface area contributed by atoms with Gasteiger partial charge in [-0.2, -0.15) is 0 Å². The van der Waals surface area contributed by atoms with Crippen LogP contribution in [0.15, 0.2) is 0 Å². The van der Waals surface area contributed by atoms with Crippen molar-refractivity contribution in [1.29, 1.82) is 0 Å². The molecule has 3 heteroatoms. The first-order valence-corrected chi connectivity index (χ1v) is 2.53. The molecular formula is C3H5ClOS. The summed E-state index contributed by atoms with van der Waals surface area (Å²) in [4.78, 5) is 9.82. The van der Waals surface area contributed by atoms with Crippen molar-refractivity contribution in [3.05, 3.63) is 0 Å². The first-order valence-electron chi connectivity index (χ1n) is 1.55. The van der Waals surface area contributed by atoms with Crippen molar-refractivity contribution in [2.45, 2.75) is 6.42 Å². The van der Waals surface area contributed by atoms with Gasteiger partial charge in [0.1, 0.15) is 0 Å². The Morgan fingerprint density at radius 1 is 1.83 bits per heavy atom. The van der Waals surface area contributed by atoms with E-state index in [0.29, 0.717) is 12.3 Å². The molecule has 0 aliphatic carbocycles. The number of rotatable bonds is 2. The third-order valence-corrected chi connectivity index (χ3v) is 0.721. The average Bonchev–Trinajstić information content (AvgIpc) is 1.35. The summed E-state index contributed by atoms with van der Waals surface area (Å²) in [5.41, 5.74) is 0. The molecule has 0 aromatic heterocycles. The second-order valence-electron chi connectivity index (χ2n) is 0.833. The number of hydrogen-bond donors (Lipinski definition) is 1. The fourth-order valence-electron chi connectivity index (χ4n) is 0.0808. The Balaban J connectivity index is 2.83. The number of carbonyl (C=O) groups excluding carboxylic acids is 1. The average molecular weight is 125 g/mol. The number of hydrogen-bond acceptors (Lipinski definition) is 1. The van der Waals surface area contributed by atoms with E-state index in [9.17, 15) is 4.79 Å². The van der Waals surface area contributed by atoms with Crippen LogP contribution in [0.25, 0.3) is 0 Å². The van der Waals surface area contributed by atoms with Crippen LogP contribution in [0.3, 0.4) is 0 Å². The minimum atomic E-state index is -0.148. The third-order valence-electron chi connectivity index (χ3n) is 0.308. The molecule has 0 amide bonds. The van der Waals surface area contributed by atoms with Gasteiger partial charge in [0.25, 0.3) is 0 Å². The normalized spacial score (nSPS) is 8.33. The van der Waals surface area contributed by atoms with Crippen molar-refractivity contribution in [3.63, 3.8) is 0 Å². The lowest BCUT2D eigenvalue weighted by atomic mass is 10.6. The largest absolute Gasteiger partial charge is 0.287 e. The standard InChI is InChI=1S/C3H5ClOS/c4-2-1-3(5)6/h1-2H2,(H,5,6). The first kappa shape index (κ1) is 6.31. The maximum Gasteiger partial charge on any atom is 0.187 e. The molecule has 6 heavy (non-hydrogen) atoms. The molecule has 1 nitrogen and oxygen atoms in total. The van der Waals surface area contributed by atoms with E-state index in [1.54, 1.807) is 0 Å². The van der Waals surface area contributed by atoms with E-state index in [1.165, 1.54) is 0 Å². The van der Waals surface area contributed by atoms with Crippen molar-refractivity contribution < 1.29 is 4.79 Å². The maximum atomic E-state index is 9.82. The van der Waals surface area contributed by atoms with Crippen molar-refractivity contribution in [1.82, 2.24) is 0 Å². The lowest BCUT2D eigenvalue weighted by Gasteiger charge is -1.77. The van der Waals surface area contributed by atoms with Crippen LogP contribution in [-0.2, 0) is 4.79 Å². The molecule has 0 bridgehead atoms. The molecule has 0 aliphatic rings. The van der Waals surface area contributed by atoms with Gasteiger partial charge in [-0.05, 0) is 0 Å². The lowest BCUT2D eigenvalue weighted by Crippen LogP contribution is -1.83. The highest BCUT2D eigenvalue weighted by atomic mass is 35.5. The number of carbonyl (C=O) groups is 1. The fraction of sp³-hybridized carbons (Fsp3) is 0.667. The van der Waals surface area contributed by atoms with E-state index in [2.05, 4.69) is 12.6 Å². The zero-order chi connectivity index (χ0) is 4.99. The van der Waals surface area contributed by atoms with Gasteiger partial charge < -0.3 is 0 Å². The van der Waals surface area contributed by atoms with Crippen LogP contribution >= 0.6 is 24.2 Å². The van der Waals surface area contributed by atoms with Gasteiger partial charge in [0.15, 0.2) is 5.12 Å². The fourth-order valence-corrected chi connectivity index (χ4v) is 0.496. The van der Waals surface area contributed by atoms with Crippen molar-refractivity contribution in [2.75, 3.05) is 5.88 Å². The zero-order valence-corrected chi connectivity index (χ0v) is 4.80. The van der Waals surface area contributed by atoms with Crippen LogP contribution < -0.4 is 0 Å². The summed E-state index contributed by atoms with van der Waals surface area (Å²) in [6.45, 7) is 0. The Hall–Kier alpha value is 0.310. The van der Waals surface area contributed by atoms with Crippen LogP contribution in [0.4, 0.5) is 0 Å². The van der Waals surface area contributed by atoms with Crippen LogP contribution in [0, 0.1) is 0 Å². The summed E-state index contributed by atoms with van der Waals surface area (Å²) in [5.74, 6) is 0.377. The summed E-state index contributed by atoms with van der Waals surface area (Å²) in [6.07, 6.45) is 0.366. The summed E-state index contributed by atoms with van der Waals surface area (Å²) in [6, 6.07) is 0. The molecule has 0 aliphatic heterocycles. The van der Waals surface area contributed by atoms with Crippen molar-refractivity contribution in [2.24, 2.45) is 0 Å². The monoisotopic (exact) mass is 124 g/mol. The molecule has 36 valence electrons. The van der Waals surface area contributed by atoms with Crippen LogP contribution in [0.5, 0.6) is 0 Å².